The van der Waals surface area contributed by atoms with Gasteiger partial charge in [0.1, 0.15) is 5.75 Å². The van der Waals surface area contributed by atoms with Crippen molar-refractivity contribution in [2.75, 3.05) is 35.7 Å². The molecule has 0 aromatic heterocycles. The Hall–Kier alpha value is -3.94. The van der Waals surface area contributed by atoms with Crippen LogP contribution in [0.1, 0.15) is 55.1 Å². The highest BCUT2D eigenvalue weighted by molar-refractivity contribution is 7.58. The molecule has 3 amide bonds. The van der Waals surface area contributed by atoms with Gasteiger partial charge in [0.2, 0.25) is 19.2 Å². The van der Waals surface area contributed by atoms with Gasteiger partial charge in [0.05, 0.1) is 12.6 Å². The first-order chi connectivity index (χ1) is 20.1. The van der Waals surface area contributed by atoms with Crippen molar-refractivity contribution in [2.24, 2.45) is 5.92 Å². The number of hydrogen-bond donors (Lipinski definition) is 3. The molecule has 3 N–H and O–H groups in total. The maximum atomic E-state index is 13.6. The summed E-state index contributed by atoms with van der Waals surface area (Å²) in [6.45, 7) is 4.60. The highest BCUT2D eigenvalue weighted by Gasteiger charge is 2.31. The summed E-state index contributed by atoms with van der Waals surface area (Å²) in [6.07, 6.45) is 1.47. The van der Waals surface area contributed by atoms with Crippen molar-refractivity contribution in [2.45, 2.75) is 39.2 Å². The Bertz CT molecular complexity index is 1430. The molecule has 4 rings (SSSR count). The molecule has 0 bridgehead atoms. The van der Waals surface area contributed by atoms with E-state index in [4.69, 9.17) is 4.74 Å². The third-order valence-corrected chi connectivity index (χ3v) is 9.09. The van der Waals surface area contributed by atoms with E-state index in [1.54, 1.807) is 78.6 Å². The molecule has 1 fully saturated rings. The predicted octanol–water partition coefficient (Wildman–Crippen LogP) is 5.62. The number of amides is 3. The van der Waals surface area contributed by atoms with Gasteiger partial charge in [-0.2, -0.15) is 0 Å². The van der Waals surface area contributed by atoms with E-state index in [9.17, 15) is 23.8 Å². The zero-order valence-electron chi connectivity index (χ0n) is 24.0. The minimum atomic E-state index is -3.89. The number of hydrogen-bond acceptors (Lipinski definition) is 5. The van der Waals surface area contributed by atoms with Crippen molar-refractivity contribution in [3.05, 3.63) is 90.0 Å². The molecule has 0 spiro atoms. The quantitative estimate of drug-likeness (QED) is 0.222. The average molecular weight is 592 g/mol. The third kappa shape index (κ3) is 8.54. The lowest BCUT2D eigenvalue weighted by Crippen LogP contribution is -2.32. The summed E-state index contributed by atoms with van der Waals surface area (Å²) < 4.78 is 19.3. The number of rotatable bonds is 13. The summed E-state index contributed by atoms with van der Waals surface area (Å²) in [5.74, 6) is -1.09. The molecule has 3 atom stereocenters. The van der Waals surface area contributed by atoms with E-state index < -0.39 is 25.2 Å². The van der Waals surface area contributed by atoms with Gasteiger partial charge in [0, 0.05) is 54.2 Å². The standard InChI is InChI=1S/C32H38N3O6P/c1-3-17-41-28-19-25(18-27(20-28)35-16-10-15-30(35)36)32(38)34-29(24-11-6-4-7-12-24)22-42(39,40)21-23(2)31(37)33-26-13-8-5-9-14-26/h4-9,11-14,18-20,23,29H,3,10,15-17,21-22H2,1-2H3,(H,33,37)(H,34,38)(H,39,40)/t23?,29-/m1/s1. The lowest BCUT2D eigenvalue weighted by molar-refractivity contribution is -0.119. The van der Waals surface area contributed by atoms with Crippen LogP contribution in [0.25, 0.3) is 0 Å². The summed E-state index contributed by atoms with van der Waals surface area (Å²) in [4.78, 5) is 51.5. The van der Waals surface area contributed by atoms with Crippen molar-refractivity contribution in [1.29, 1.82) is 0 Å². The number of nitrogens with one attached hydrogen (secondary N) is 2. The molecule has 0 radical (unpaired) electrons. The fourth-order valence-corrected chi connectivity index (χ4v) is 6.96. The Morgan fingerprint density at radius 3 is 2.36 bits per heavy atom. The molecule has 2 unspecified atom stereocenters. The number of carbonyl (C=O) groups is 3. The van der Waals surface area contributed by atoms with Crippen LogP contribution in [0.3, 0.4) is 0 Å². The predicted molar refractivity (Wildman–Crippen MR) is 164 cm³/mol. The molecular weight excluding hydrogens is 553 g/mol. The minimum Gasteiger partial charge on any atom is -0.494 e. The van der Waals surface area contributed by atoms with E-state index in [0.29, 0.717) is 42.3 Å². The molecule has 1 saturated heterocycles. The largest absolute Gasteiger partial charge is 0.494 e. The summed E-state index contributed by atoms with van der Waals surface area (Å²) in [5.41, 5.74) is 2.13. The van der Waals surface area contributed by atoms with Gasteiger partial charge >= 0.3 is 0 Å². The van der Waals surface area contributed by atoms with E-state index in [0.717, 1.165) is 12.8 Å². The Labute approximate surface area is 246 Å². The van der Waals surface area contributed by atoms with Crippen molar-refractivity contribution in [1.82, 2.24) is 5.32 Å². The van der Waals surface area contributed by atoms with Crippen molar-refractivity contribution in [3.63, 3.8) is 0 Å². The Morgan fingerprint density at radius 1 is 1.02 bits per heavy atom. The first-order valence-corrected chi connectivity index (χ1v) is 16.3. The van der Waals surface area contributed by atoms with Crippen LogP contribution >= 0.6 is 7.37 Å². The first kappa shape index (κ1) is 31.0. The van der Waals surface area contributed by atoms with Gasteiger partial charge in [0.25, 0.3) is 5.91 Å². The number of para-hydroxylation sites is 1. The van der Waals surface area contributed by atoms with Crippen molar-refractivity contribution >= 4 is 36.5 Å². The fourth-order valence-electron chi connectivity index (χ4n) is 4.91. The lowest BCUT2D eigenvalue weighted by Gasteiger charge is -2.24. The fraction of sp³-hybridized carbons (Fsp3) is 0.344. The molecule has 9 nitrogen and oxygen atoms in total. The number of carbonyl (C=O) groups excluding carboxylic acids is 3. The minimum absolute atomic E-state index is 0.0113. The van der Waals surface area contributed by atoms with Gasteiger partial charge in [-0.05, 0) is 42.7 Å². The molecule has 222 valence electrons. The lowest BCUT2D eigenvalue weighted by atomic mass is 10.1. The summed E-state index contributed by atoms with van der Waals surface area (Å²) in [6, 6.07) is 22.1. The van der Waals surface area contributed by atoms with E-state index in [-0.39, 0.29) is 29.7 Å². The molecule has 1 aliphatic rings. The third-order valence-electron chi connectivity index (χ3n) is 7.03. The smallest absolute Gasteiger partial charge is 0.251 e. The van der Waals surface area contributed by atoms with Gasteiger partial charge in [-0.15, -0.1) is 0 Å². The zero-order valence-corrected chi connectivity index (χ0v) is 24.9. The molecule has 0 saturated carbocycles. The second kappa shape index (κ2) is 14.3. The van der Waals surface area contributed by atoms with Crippen LogP contribution in [0.5, 0.6) is 5.75 Å². The Kier molecular flexibility index (Phi) is 10.6. The number of anilines is 2. The molecule has 1 heterocycles. The number of nitrogens with zero attached hydrogens (tertiary/aromatic N) is 1. The second-order valence-corrected chi connectivity index (χ2v) is 13.0. The molecule has 3 aromatic rings. The van der Waals surface area contributed by atoms with Crippen LogP contribution in [0.4, 0.5) is 11.4 Å². The van der Waals surface area contributed by atoms with Gasteiger partial charge in [-0.25, -0.2) is 0 Å². The maximum Gasteiger partial charge on any atom is 0.251 e. The summed E-state index contributed by atoms with van der Waals surface area (Å²) >= 11 is 0. The Balaban J connectivity index is 1.53. The van der Waals surface area contributed by atoms with E-state index in [1.807, 2.05) is 19.1 Å². The molecule has 3 aromatic carbocycles. The number of benzene rings is 3. The topological polar surface area (TPSA) is 125 Å². The highest BCUT2D eigenvalue weighted by Crippen LogP contribution is 2.46. The van der Waals surface area contributed by atoms with Gasteiger partial charge in [0.15, 0.2) is 0 Å². The zero-order chi connectivity index (χ0) is 30.1. The molecule has 0 aliphatic carbocycles. The highest BCUT2D eigenvalue weighted by atomic mass is 31.2. The summed E-state index contributed by atoms with van der Waals surface area (Å²) in [7, 11) is -3.89. The van der Waals surface area contributed by atoms with E-state index in [2.05, 4.69) is 10.6 Å². The maximum absolute atomic E-state index is 13.6. The van der Waals surface area contributed by atoms with Crippen LogP contribution in [0, 0.1) is 5.92 Å². The Morgan fingerprint density at radius 2 is 1.71 bits per heavy atom. The van der Waals surface area contributed by atoms with Crippen LogP contribution in [0.2, 0.25) is 0 Å². The molecule has 10 heteroatoms. The SMILES string of the molecule is CCCOc1cc(C(=O)N[C@H](CP(=O)(O)CC(C)C(=O)Nc2ccccc2)c2ccccc2)cc(N2CCCC2=O)c1. The van der Waals surface area contributed by atoms with Gasteiger partial charge in [-0.1, -0.05) is 62.4 Å². The average Bonchev–Trinajstić information content (AvgIpc) is 3.42. The van der Waals surface area contributed by atoms with Gasteiger partial charge in [-0.3, -0.25) is 18.9 Å². The van der Waals surface area contributed by atoms with Gasteiger partial charge < -0.3 is 25.2 Å². The van der Waals surface area contributed by atoms with Crippen LogP contribution < -0.4 is 20.3 Å². The van der Waals surface area contributed by atoms with Crippen LogP contribution in [-0.4, -0.2) is 48.1 Å². The van der Waals surface area contributed by atoms with E-state index in [1.165, 1.54) is 0 Å². The van der Waals surface area contributed by atoms with Crippen molar-refractivity contribution < 1.29 is 28.6 Å². The monoisotopic (exact) mass is 591 g/mol. The van der Waals surface area contributed by atoms with Crippen molar-refractivity contribution in [3.8, 4) is 5.75 Å². The normalized spacial score (nSPS) is 15.9. The summed E-state index contributed by atoms with van der Waals surface area (Å²) in [5, 5.41) is 5.70. The number of ether oxygens (including phenoxy) is 1. The second-order valence-electron chi connectivity index (χ2n) is 10.6. The molecule has 1 aliphatic heterocycles. The van der Waals surface area contributed by atoms with Crippen LogP contribution in [0.15, 0.2) is 78.9 Å². The van der Waals surface area contributed by atoms with E-state index >= 15 is 0 Å². The first-order valence-electron chi connectivity index (χ1n) is 14.3. The molecule has 42 heavy (non-hydrogen) atoms. The molecular formula is C32H38N3O6P. The van der Waals surface area contributed by atoms with Crippen LogP contribution in [-0.2, 0) is 14.2 Å².